The van der Waals surface area contributed by atoms with Gasteiger partial charge in [0, 0.05) is 60.9 Å². The van der Waals surface area contributed by atoms with Crippen molar-refractivity contribution in [3.05, 3.63) is 72.1 Å². The van der Waals surface area contributed by atoms with Crippen LogP contribution in [0.25, 0.3) is 11.0 Å². The van der Waals surface area contributed by atoms with E-state index in [2.05, 4.69) is 101 Å². The number of rotatable bonds is 8. The Morgan fingerprint density at radius 2 is 1.73 bits per heavy atom. The number of carbonyl (C=O) groups excluding carboxylic acids is 1. The van der Waals surface area contributed by atoms with E-state index < -0.39 is 0 Å². The van der Waals surface area contributed by atoms with Crippen molar-refractivity contribution >= 4 is 40.0 Å². The zero-order valence-electron chi connectivity index (χ0n) is 24.3. The van der Waals surface area contributed by atoms with Gasteiger partial charge < -0.3 is 25.4 Å². The smallest absolute Gasteiger partial charge is 0.272 e. The minimum Gasteiger partial charge on any atom is -0.369 e. The number of nitrogens with zero attached hydrogens (tertiary/aromatic N) is 4. The summed E-state index contributed by atoms with van der Waals surface area (Å²) in [5.74, 6) is 0.367. The zero-order valence-corrected chi connectivity index (χ0v) is 24.3. The predicted octanol–water partition coefficient (Wildman–Crippen LogP) is 6.50. The summed E-state index contributed by atoms with van der Waals surface area (Å²) < 4.78 is 2.08. The lowest BCUT2D eigenvalue weighted by Crippen LogP contribution is -2.43. The number of fused-ring (bicyclic) bond motifs is 1. The van der Waals surface area contributed by atoms with Crippen molar-refractivity contribution in [3.8, 4) is 0 Å². The van der Waals surface area contributed by atoms with Crippen LogP contribution in [0, 0.1) is 0 Å². The van der Waals surface area contributed by atoms with Gasteiger partial charge in [0.05, 0.1) is 0 Å². The molecule has 40 heavy (non-hydrogen) atoms. The van der Waals surface area contributed by atoms with E-state index in [1.54, 1.807) is 6.20 Å². The number of piperazine rings is 1. The number of hydrogen-bond acceptors (Lipinski definition) is 6. The molecule has 0 spiro atoms. The van der Waals surface area contributed by atoms with Gasteiger partial charge in [-0.25, -0.2) is 4.98 Å². The molecule has 210 valence electrons. The molecule has 0 atom stereocenters. The molecule has 0 aliphatic carbocycles. The first-order chi connectivity index (χ1) is 19.3. The van der Waals surface area contributed by atoms with Crippen LogP contribution in [0.4, 0.5) is 23.0 Å². The number of carbonyl (C=O) groups is 1. The van der Waals surface area contributed by atoms with Gasteiger partial charge in [0.1, 0.15) is 11.3 Å². The highest BCUT2D eigenvalue weighted by Gasteiger charge is 2.23. The Kier molecular flexibility index (Phi) is 8.07. The van der Waals surface area contributed by atoms with Gasteiger partial charge in [-0.15, -0.1) is 0 Å². The lowest BCUT2D eigenvalue weighted by molar-refractivity contribution is 0.101. The van der Waals surface area contributed by atoms with Crippen molar-refractivity contribution in [1.82, 2.24) is 19.9 Å². The van der Waals surface area contributed by atoms with E-state index >= 15 is 0 Å². The second kappa shape index (κ2) is 11.7. The first kappa shape index (κ1) is 27.6. The average Bonchev–Trinajstić information content (AvgIpc) is 3.33. The summed E-state index contributed by atoms with van der Waals surface area (Å²) in [6, 6.07) is 18.5. The zero-order chi connectivity index (χ0) is 28.3. The van der Waals surface area contributed by atoms with Crippen molar-refractivity contribution in [2.24, 2.45) is 0 Å². The van der Waals surface area contributed by atoms with E-state index in [9.17, 15) is 4.79 Å². The van der Waals surface area contributed by atoms with E-state index in [0.29, 0.717) is 11.6 Å². The van der Waals surface area contributed by atoms with E-state index in [0.717, 1.165) is 61.4 Å². The number of amides is 1. The van der Waals surface area contributed by atoms with Crippen LogP contribution in [0.15, 0.2) is 60.8 Å². The monoisotopic (exact) mass is 539 g/mol. The van der Waals surface area contributed by atoms with Crippen LogP contribution < -0.4 is 20.9 Å². The molecule has 0 radical (unpaired) electrons. The highest BCUT2D eigenvalue weighted by molar-refractivity contribution is 6.06. The molecule has 0 unspecified atom stereocenters. The van der Waals surface area contributed by atoms with Crippen LogP contribution in [0.5, 0.6) is 0 Å². The summed E-state index contributed by atoms with van der Waals surface area (Å²) in [7, 11) is 0. The molecule has 8 nitrogen and oxygen atoms in total. The molecular formula is C32H41N7O. The summed E-state index contributed by atoms with van der Waals surface area (Å²) in [5.41, 5.74) is 5.46. The van der Waals surface area contributed by atoms with Gasteiger partial charge in [0.25, 0.3) is 5.91 Å². The number of benzene rings is 2. The van der Waals surface area contributed by atoms with Crippen LogP contribution in [-0.4, -0.2) is 46.6 Å². The molecule has 0 bridgehead atoms. The van der Waals surface area contributed by atoms with Crippen molar-refractivity contribution < 1.29 is 4.79 Å². The molecule has 3 heterocycles. The number of hydrogen-bond donors (Lipinski definition) is 3. The first-order valence-corrected chi connectivity index (χ1v) is 14.4. The third kappa shape index (κ3) is 5.97. The summed E-state index contributed by atoms with van der Waals surface area (Å²) >= 11 is 0. The maximum atomic E-state index is 13.6. The van der Waals surface area contributed by atoms with Crippen molar-refractivity contribution in [2.75, 3.05) is 41.7 Å². The molecule has 8 heteroatoms. The largest absolute Gasteiger partial charge is 0.369 e. The highest BCUT2D eigenvalue weighted by Crippen LogP contribution is 2.30. The Hall–Kier alpha value is -3.91. The molecule has 1 aliphatic rings. The predicted molar refractivity (Wildman–Crippen MR) is 165 cm³/mol. The normalized spacial score (nSPS) is 14.1. The van der Waals surface area contributed by atoms with Gasteiger partial charge in [-0.3, -0.25) is 4.79 Å². The molecule has 2 aromatic heterocycles. The Bertz CT molecular complexity index is 1460. The second-order valence-electron chi connectivity index (χ2n) is 11.5. The van der Waals surface area contributed by atoms with Crippen LogP contribution in [0.2, 0.25) is 0 Å². The Morgan fingerprint density at radius 1 is 1.00 bits per heavy atom. The quantitative estimate of drug-likeness (QED) is 0.237. The number of aromatic nitrogens is 3. The molecule has 2 aromatic carbocycles. The summed E-state index contributed by atoms with van der Waals surface area (Å²) in [5, 5.41) is 10.7. The lowest BCUT2D eigenvalue weighted by Gasteiger charge is -2.29. The Morgan fingerprint density at radius 3 is 2.40 bits per heavy atom. The van der Waals surface area contributed by atoms with Gasteiger partial charge in [-0.1, -0.05) is 46.8 Å². The lowest BCUT2D eigenvalue weighted by atomic mass is 9.87. The first-order valence-electron chi connectivity index (χ1n) is 14.4. The van der Waals surface area contributed by atoms with Gasteiger partial charge in [0.2, 0.25) is 5.95 Å². The van der Waals surface area contributed by atoms with Crippen molar-refractivity contribution in [1.29, 1.82) is 0 Å². The SMILES string of the molecule is CCC(CC)n1c(C(=O)Nc2cccc(C(C)(C)C)c2)cc2cnc(Nc3ccc(N4CCNCC4)cc3)nc21. The molecule has 1 amide bonds. The average molecular weight is 540 g/mol. The van der Waals surface area contributed by atoms with E-state index in [1.807, 2.05) is 18.2 Å². The number of nitrogens with one attached hydrogen (secondary N) is 3. The van der Waals surface area contributed by atoms with Crippen LogP contribution in [0.3, 0.4) is 0 Å². The Balaban J connectivity index is 1.43. The van der Waals surface area contributed by atoms with Gasteiger partial charge in [-0.2, -0.15) is 4.98 Å². The van der Waals surface area contributed by atoms with Crippen LogP contribution in [0.1, 0.15) is 69.6 Å². The molecular weight excluding hydrogens is 498 g/mol. The molecule has 1 fully saturated rings. The fourth-order valence-corrected chi connectivity index (χ4v) is 5.33. The van der Waals surface area contributed by atoms with E-state index in [-0.39, 0.29) is 17.4 Å². The standard InChI is InChI=1S/C32H41N7O/c1-6-26(7-2)39-28(30(40)35-25-10-8-9-23(20-25)32(3,4)5)19-22-21-34-31(37-29(22)39)36-24-11-13-27(14-12-24)38-17-15-33-16-18-38/h8-14,19-21,26,33H,6-7,15-18H2,1-5H3,(H,35,40)(H,34,36,37). The minimum absolute atomic E-state index is 0.00447. The Labute approximate surface area is 237 Å². The highest BCUT2D eigenvalue weighted by atomic mass is 16.2. The fourth-order valence-electron chi connectivity index (χ4n) is 5.33. The maximum Gasteiger partial charge on any atom is 0.272 e. The third-order valence-corrected chi connectivity index (χ3v) is 7.71. The van der Waals surface area contributed by atoms with Crippen LogP contribution >= 0.6 is 0 Å². The fraction of sp³-hybridized carbons (Fsp3) is 0.406. The molecule has 3 N–H and O–H groups in total. The topological polar surface area (TPSA) is 87.1 Å². The second-order valence-corrected chi connectivity index (χ2v) is 11.5. The van der Waals surface area contributed by atoms with Gasteiger partial charge >= 0.3 is 0 Å². The van der Waals surface area contributed by atoms with E-state index in [1.165, 1.54) is 11.3 Å². The molecule has 1 aliphatic heterocycles. The third-order valence-electron chi connectivity index (χ3n) is 7.71. The summed E-state index contributed by atoms with van der Waals surface area (Å²) in [6.07, 6.45) is 3.58. The van der Waals surface area contributed by atoms with Gasteiger partial charge in [0.15, 0.2) is 0 Å². The summed E-state index contributed by atoms with van der Waals surface area (Å²) in [4.78, 5) is 25.5. The number of anilines is 4. The molecule has 5 rings (SSSR count). The van der Waals surface area contributed by atoms with Crippen LogP contribution in [-0.2, 0) is 5.41 Å². The summed E-state index contributed by atoms with van der Waals surface area (Å²) in [6.45, 7) is 14.8. The minimum atomic E-state index is -0.144. The molecule has 4 aromatic rings. The molecule has 0 saturated carbocycles. The maximum absolute atomic E-state index is 13.6. The van der Waals surface area contributed by atoms with Gasteiger partial charge in [-0.05, 0) is 66.3 Å². The molecule has 1 saturated heterocycles. The van der Waals surface area contributed by atoms with Crippen molar-refractivity contribution in [3.63, 3.8) is 0 Å². The van der Waals surface area contributed by atoms with Crippen molar-refractivity contribution in [2.45, 2.75) is 58.9 Å². The van der Waals surface area contributed by atoms with E-state index in [4.69, 9.17) is 4.98 Å².